The first-order chi connectivity index (χ1) is 16.0. The van der Waals surface area contributed by atoms with E-state index in [1.54, 1.807) is 15.6 Å². The number of likely N-dealkylation sites (tertiary alicyclic amines) is 1. The van der Waals surface area contributed by atoms with E-state index in [0.29, 0.717) is 18.4 Å². The van der Waals surface area contributed by atoms with Gasteiger partial charge >= 0.3 is 0 Å². The summed E-state index contributed by atoms with van der Waals surface area (Å²) in [6, 6.07) is 4.67. The molecular weight excluding hydrogens is 416 g/mol. The van der Waals surface area contributed by atoms with Crippen LogP contribution in [-0.2, 0) is 4.79 Å². The van der Waals surface area contributed by atoms with Gasteiger partial charge in [-0.25, -0.2) is 9.50 Å². The molecule has 170 valence electrons. The minimum Gasteiger partial charge on any atom is -0.306 e. The molecule has 5 heterocycles. The topological polar surface area (TPSA) is 95.3 Å². The Morgan fingerprint density at radius 2 is 1.94 bits per heavy atom. The third-order valence-electron chi connectivity index (χ3n) is 7.82. The van der Waals surface area contributed by atoms with Crippen LogP contribution in [-0.4, -0.2) is 61.9 Å². The van der Waals surface area contributed by atoms with E-state index in [4.69, 9.17) is 4.98 Å². The SMILES string of the molecule is C[C@@H]1CN(c2nc(-c3cnn(C4CCN(C)CC4)c3)cn3nccc23)C(=O)[C@]1(C#N)C1CC1. The summed E-state index contributed by atoms with van der Waals surface area (Å²) in [6.45, 7) is 4.65. The lowest BCUT2D eigenvalue weighted by molar-refractivity contribution is -0.124. The van der Waals surface area contributed by atoms with Crippen molar-refractivity contribution in [2.75, 3.05) is 31.6 Å². The third-order valence-corrected chi connectivity index (χ3v) is 7.82. The Labute approximate surface area is 192 Å². The van der Waals surface area contributed by atoms with Crippen LogP contribution in [0.4, 0.5) is 5.82 Å². The van der Waals surface area contributed by atoms with Crippen molar-refractivity contribution >= 4 is 17.2 Å². The van der Waals surface area contributed by atoms with Crippen LogP contribution in [0.15, 0.2) is 30.9 Å². The van der Waals surface area contributed by atoms with E-state index in [0.717, 1.165) is 55.5 Å². The van der Waals surface area contributed by atoms with Gasteiger partial charge in [0, 0.05) is 24.2 Å². The van der Waals surface area contributed by atoms with Crippen molar-refractivity contribution in [2.45, 2.75) is 38.6 Å². The molecule has 0 spiro atoms. The molecule has 9 heteroatoms. The molecule has 3 aliphatic rings. The predicted molar refractivity (Wildman–Crippen MR) is 122 cm³/mol. The number of aromatic nitrogens is 5. The number of nitriles is 1. The number of hydrogen-bond donors (Lipinski definition) is 0. The minimum atomic E-state index is -0.937. The summed E-state index contributed by atoms with van der Waals surface area (Å²) in [7, 11) is 2.15. The van der Waals surface area contributed by atoms with E-state index in [9.17, 15) is 10.1 Å². The van der Waals surface area contributed by atoms with E-state index in [1.165, 1.54) is 0 Å². The lowest BCUT2D eigenvalue weighted by Gasteiger charge is -2.28. The van der Waals surface area contributed by atoms with Crippen LogP contribution in [0.3, 0.4) is 0 Å². The highest BCUT2D eigenvalue weighted by Gasteiger charge is 2.61. The molecule has 3 fully saturated rings. The highest BCUT2D eigenvalue weighted by molar-refractivity contribution is 6.04. The predicted octanol–water partition coefficient (Wildman–Crippen LogP) is 2.76. The minimum absolute atomic E-state index is 0.0388. The molecule has 0 aromatic carbocycles. The fraction of sp³-hybridized carbons (Fsp3) is 0.542. The molecule has 3 aromatic rings. The Bertz CT molecular complexity index is 1260. The number of amides is 1. The number of piperidine rings is 1. The maximum atomic E-state index is 13.6. The zero-order chi connectivity index (χ0) is 22.7. The van der Waals surface area contributed by atoms with Crippen LogP contribution in [0.1, 0.15) is 38.6 Å². The molecule has 0 N–H and O–H groups in total. The van der Waals surface area contributed by atoms with Gasteiger partial charge in [0.2, 0.25) is 5.91 Å². The number of hydrogen-bond acceptors (Lipinski definition) is 6. The molecule has 1 saturated carbocycles. The maximum absolute atomic E-state index is 13.6. The molecule has 6 rings (SSSR count). The van der Waals surface area contributed by atoms with Crippen LogP contribution in [0, 0.1) is 28.6 Å². The van der Waals surface area contributed by atoms with Crippen molar-refractivity contribution in [1.82, 2.24) is 29.3 Å². The Hall–Kier alpha value is -3.25. The molecule has 3 aromatic heterocycles. The Balaban J connectivity index is 1.38. The Morgan fingerprint density at radius 3 is 2.67 bits per heavy atom. The van der Waals surface area contributed by atoms with E-state index in [-0.39, 0.29) is 17.7 Å². The average Bonchev–Trinajstić information content (AvgIpc) is 3.26. The fourth-order valence-electron chi connectivity index (χ4n) is 5.66. The van der Waals surface area contributed by atoms with E-state index >= 15 is 0 Å². The number of anilines is 1. The zero-order valence-electron chi connectivity index (χ0n) is 19.1. The quantitative estimate of drug-likeness (QED) is 0.614. The van der Waals surface area contributed by atoms with Crippen molar-refractivity contribution in [2.24, 2.45) is 17.3 Å². The number of fused-ring (bicyclic) bond motifs is 1. The Morgan fingerprint density at radius 1 is 1.15 bits per heavy atom. The Kier molecular flexibility index (Phi) is 4.56. The molecular formula is C24H28N8O. The van der Waals surface area contributed by atoms with Crippen molar-refractivity contribution in [3.63, 3.8) is 0 Å². The second kappa shape index (κ2) is 7.39. The monoisotopic (exact) mass is 444 g/mol. The van der Waals surface area contributed by atoms with E-state index < -0.39 is 5.41 Å². The lowest BCUT2D eigenvalue weighted by Crippen LogP contribution is -2.37. The van der Waals surface area contributed by atoms with Crippen LogP contribution in [0.25, 0.3) is 16.8 Å². The zero-order valence-corrected chi connectivity index (χ0v) is 19.1. The van der Waals surface area contributed by atoms with Gasteiger partial charge in [-0.3, -0.25) is 14.4 Å². The van der Waals surface area contributed by atoms with Crippen LogP contribution < -0.4 is 4.90 Å². The van der Waals surface area contributed by atoms with Crippen molar-refractivity contribution in [3.05, 3.63) is 30.9 Å². The van der Waals surface area contributed by atoms with Gasteiger partial charge in [0.15, 0.2) is 5.82 Å². The first-order valence-corrected chi connectivity index (χ1v) is 11.8. The summed E-state index contributed by atoms with van der Waals surface area (Å²) < 4.78 is 3.82. The number of carbonyl (C=O) groups excluding carboxylic acids is 1. The summed E-state index contributed by atoms with van der Waals surface area (Å²) in [6.07, 6.45) is 11.5. The summed E-state index contributed by atoms with van der Waals surface area (Å²) >= 11 is 0. The molecule has 2 aliphatic heterocycles. The first-order valence-electron chi connectivity index (χ1n) is 11.8. The smallest absolute Gasteiger partial charge is 0.249 e. The average molecular weight is 445 g/mol. The van der Waals surface area contributed by atoms with Gasteiger partial charge in [-0.2, -0.15) is 15.5 Å². The molecule has 1 aliphatic carbocycles. The van der Waals surface area contributed by atoms with Crippen LogP contribution >= 0.6 is 0 Å². The van der Waals surface area contributed by atoms with E-state index in [2.05, 4.69) is 34.4 Å². The molecule has 0 radical (unpaired) electrons. The second-order valence-electron chi connectivity index (χ2n) is 9.93. The molecule has 33 heavy (non-hydrogen) atoms. The molecule has 2 atom stereocenters. The van der Waals surface area contributed by atoms with Crippen LogP contribution in [0.5, 0.6) is 0 Å². The lowest BCUT2D eigenvalue weighted by atomic mass is 9.75. The molecule has 0 unspecified atom stereocenters. The van der Waals surface area contributed by atoms with Gasteiger partial charge in [-0.1, -0.05) is 6.92 Å². The third kappa shape index (κ3) is 3.08. The van der Waals surface area contributed by atoms with Gasteiger partial charge in [0.25, 0.3) is 0 Å². The highest BCUT2D eigenvalue weighted by atomic mass is 16.2. The van der Waals surface area contributed by atoms with Crippen molar-refractivity contribution < 1.29 is 4.79 Å². The standard InChI is InChI=1S/C24H28N8O/c1-16-12-30(23(33)24(16,15-25)18-3-4-18)22-21-5-8-26-32(21)14-20(28-22)17-11-27-31(13-17)19-6-9-29(2)10-7-19/h5,8,11,13-14,16,18-19H,3-4,6-7,9-10,12H2,1-2H3/t16-,24+/m1/s1. The normalized spacial score (nSPS) is 26.9. The first kappa shape index (κ1) is 20.4. The highest BCUT2D eigenvalue weighted by Crippen LogP contribution is 2.54. The summed E-state index contributed by atoms with van der Waals surface area (Å²) in [5.41, 5.74) is 1.46. The number of nitrogens with zero attached hydrogens (tertiary/aromatic N) is 8. The van der Waals surface area contributed by atoms with Crippen LogP contribution in [0.2, 0.25) is 0 Å². The van der Waals surface area contributed by atoms with E-state index in [1.807, 2.05) is 30.1 Å². The number of carbonyl (C=O) groups is 1. The van der Waals surface area contributed by atoms with Gasteiger partial charge in [0.05, 0.1) is 36.4 Å². The van der Waals surface area contributed by atoms with Crippen molar-refractivity contribution in [1.29, 1.82) is 5.26 Å². The molecule has 9 nitrogen and oxygen atoms in total. The maximum Gasteiger partial charge on any atom is 0.249 e. The summed E-state index contributed by atoms with van der Waals surface area (Å²) in [4.78, 5) is 22.6. The van der Waals surface area contributed by atoms with Gasteiger partial charge in [-0.15, -0.1) is 0 Å². The number of rotatable bonds is 4. The molecule has 2 saturated heterocycles. The molecule has 1 amide bonds. The van der Waals surface area contributed by atoms with Gasteiger partial charge in [0.1, 0.15) is 10.9 Å². The summed E-state index contributed by atoms with van der Waals surface area (Å²) in [5, 5.41) is 19.1. The van der Waals surface area contributed by atoms with Gasteiger partial charge in [-0.05, 0) is 57.8 Å². The van der Waals surface area contributed by atoms with Gasteiger partial charge < -0.3 is 4.90 Å². The molecule has 0 bridgehead atoms. The fourth-order valence-corrected chi connectivity index (χ4v) is 5.66. The summed E-state index contributed by atoms with van der Waals surface area (Å²) in [5.74, 6) is 0.580. The van der Waals surface area contributed by atoms with Crippen molar-refractivity contribution in [3.8, 4) is 17.3 Å². The second-order valence-corrected chi connectivity index (χ2v) is 9.93. The largest absolute Gasteiger partial charge is 0.306 e.